The second-order valence-electron chi connectivity index (χ2n) is 5.13. The highest BCUT2D eigenvalue weighted by Crippen LogP contribution is 2.49. The van der Waals surface area contributed by atoms with Crippen molar-refractivity contribution in [3.8, 4) is 0 Å². The molecule has 2 heteroatoms. The second kappa shape index (κ2) is 3.78. The molecule has 0 aliphatic heterocycles. The highest BCUT2D eigenvalue weighted by molar-refractivity contribution is 6.24. The third kappa shape index (κ3) is 2.38. The first kappa shape index (κ1) is 11.3. The highest BCUT2D eigenvalue weighted by atomic mass is 35.5. The van der Waals surface area contributed by atoms with Gasteiger partial charge in [-0.2, -0.15) is 0 Å². The molecule has 78 valence electrons. The van der Waals surface area contributed by atoms with Crippen molar-refractivity contribution in [3.05, 3.63) is 0 Å². The summed E-state index contributed by atoms with van der Waals surface area (Å²) in [5.74, 6) is 0.473. The third-order valence-corrected chi connectivity index (χ3v) is 3.94. The Labute approximate surface area is 86.8 Å². The zero-order valence-corrected chi connectivity index (χ0v) is 9.95. The number of halogens is 1. The highest BCUT2D eigenvalue weighted by Gasteiger charge is 2.45. The van der Waals surface area contributed by atoms with E-state index in [9.17, 15) is 0 Å². The van der Waals surface area contributed by atoms with E-state index in [1.54, 1.807) is 7.11 Å². The van der Waals surface area contributed by atoms with E-state index < -0.39 is 0 Å². The summed E-state index contributed by atoms with van der Waals surface area (Å²) in [5.41, 5.74) is 0.324. The minimum Gasteiger partial charge on any atom is -0.384 e. The molecule has 0 spiro atoms. The predicted octanol–water partition coefficient (Wildman–Crippen LogP) is 3.46. The van der Waals surface area contributed by atoms with Crippen LogP contribution in [0.15, 0.2) is 0 Å². The van der Waals surface area contributed by atoms with E-state index in [1.165, 1.54) is 12.8 Å². The van der Waals surface area contributed by atoms with Crippen molar-refractivity contribution in [2.45, 2.75) is 44.9 Å². The van der Waals surface area contributed by atoms with Gasteiger partial charge in [-0.15, -0.1) is 11.6 Å². The van der Waals surface area contributed by atoms with E-state index in [1.807, 2.05) is 0 Å². The van der Waals surface area contributed by atoms with Crippen LogP contribution < -0.4 is 0 Å². The molecule has 1 fully saturated rings. The van der Waals surface area contributed by atoms with Crippen molar-refractivity contribution in [2.75, 3.05) is 13.7 Å². The van der Waals surface area contributed by atoms with E-state index in [2.05, 4.69) is 20.8 Å². The summed E-state index contributed by atoms with van der Waals surface area (Å²) in [4.78, 5) is -0.0717. The summed E-state index contributed by atoms with van der Waals surface area (Å²) >= 11 is 6.52. The van der Waals surface area contributed by atoms with Gasteiger partial charge in [0.1, 0.15) is 0 Å². The van der Waals surface area contributed by atoms with E-state index in [0.29, 0.717) is 11.3 Å². The van der Waals surface area contributed by atoms with Crippen LogP contribution in [0.5, 0.6) is 0 Å². The molecule has 13 heavy (non-hydrogen) atoms. The molecule has 1 nitrogen and oxygen atoms in total. The van der Waals surface area contributed by atoms with Crippen LogP contribution in [0.4, 0.5) is 0 Å². The van der Waals surface area contributed by atoms with Crippen LogP contribution in [0.25, 0.3) is 0 Å². The molecule has 0 N–H and O–H groups in total. The predicted molar refractivity (Wildman–Crippen MR) is 57.3 cm³/mol. The Balaban J connectivity index is 2.78. The van der Waals surface area contributed by atoms with Gasteiger partial charge in [-0.05, 0) is 25.2 Å². The summed E-state index contributed by atoms with van der Waals surface area (Å²) in [5, 5.41) is 0. The van der Waals surface area contributed by atoms with Gasteiger partial charge in [0.2, 0.25) is 0 Å². The van der Waals surface area contributed by atoms with Crippen LogP contribution in [0.1, 0.15) is 40.0 Å². The summed E-state index contributed by atoms with van der Waals surface area (Å²) in [6, 6.07) is 0. The van der Waals surface area contributed by atoms with Gasteiger partial charge in [0.05, 0.1) is 6.61 Å². The molecule has 2 unspecified atom stereocenters. The van der Waals surface area contributed by atoms with Gasteiger partial charge in [-0.25, -0.2) is 0 Å². The minimum atomic E-state index is -0.0717. The van der Waals surface area contributed by atoms with Crippen molar-refractivity contribution in [1.29, 1.82) is 0 Å². The molecule has 0 saturated heterocycles. The molecule has 0 amide bonds. The van der Waals surface area contributed by atoms with Crippen molar-refractivity contribution in [1.82, 2.24) is 0 Å². The average Bonchev–Trinajstić information content (AvgIpc) is 1.96. The van der Waals surface area contributed by atoms with Crippen LogP contribution >= 0.6 is 11.6 Å². The lowest BCUT2D eigenvalue weighted by Crippen LogP contribution is -2.45. The Kier molecular flexibility index (Phi) is 3.29. The maximum absolute atomic E-state index is 6.52. The van der Waals surface area contributed by atoms with Gasteiger partial charge < -0.3 is 4.74 Å². The van der Waals surface area contributed by atoms with Crippen LogP contribution in [-0.4, -0.2) is 18.6 Å². The molecular formula is C11H21ClO. The van der Waals surface area contributed by atoms with Gasteiger partial charge in [-0.1, -0.05) is 20.3 Å². The largest absolute Gasteiger partial charge is 0.384 e. The van der Waals surface area contributed by atoms with Gasteiger partial charge >= 0.3 is 0 Å². The van der Waals surface area contributed by atoms with Crippen molar-refractivity contribution < 1.29 is 4.74 Å². The number of hydrogen-bond donors (Lipinski definition) is 0. The first-order valence-electron chi connectivity index (χ1n) is 5.08. The molecule has 0 aromatic heterocycles. The Morgan fingerprint density at radius 3 is 2.38 bits per heavy atom. The lowest BCUT2D eigenvalue weighted by atomic mass is 9.64. The first-order chi connectivity index (χ1) is 5.90. The van der Waals surface area contributed by atoms with Crippen LogP contribution in [-0.2, 0) is 4.74 Å². The molecule has 1 aliphatic carbocycles. The molecule has 0 radical (unpaired) electrons. The lowest BCUT2D eigenvalue weighted by molar-refractivity contribution is 0.0246. The molecular weight excluding hydrogens is 184 g/mol. The van der Waals surface area contributed by atoms with Crippen LogP contribution in [0.2, 0.25) is 0 Å². The Morgan fingerprint density at radius 2 is 1.92 bits per heavy atom. The normalized spacial score (nSPS) is 39.0. The topological polar surface area (TPSA) is 9.23 Å². The smallest absolute Gasteiger partial charge is 0.0512 e. The fourth-order valence-electron chi connectivity index (χ4n) is 2.62. The Morgan fingerprint density at radius 1 is 1.31 bits per heavy atom. The quantitative estimate of drug-likeness (QED) is 0.626. The average molecular weight is 205 g/mol. The molecule has 1 saturated carbocycles. The van der Waals surface area contributed by atoms with Gasteiger partial charge in [0.25, 0.3) is 0 Å². The number of rotatable bonds is 2. The third-order valence-electron chi connectivity index (χ3n) is 3.49. The van der Waals surface area contributed by atoms with E-state index in [4.69, 9.17) is 16.3 Å². The maximum atomic E-state index is 6.52. The van der Waals surface area contributed by atoms with E-state index >= 15 is 0 Å². The van der Waals surface area contributed by atoms with Gasteiger partial charge in [0.15, 0.2) is 0 Å². The molecule has 0 bridgehead atoms. The summed E-state index contributed by atoms with van der Waals surface area (Å²) in [7, 11) is 1.76. The van der Waals surface area contributed by atoms with Crippen LogP contribution in [0.3, 0.4) is 0 Å². The van der Waals surface area contributed by atoms with Crippen LogP contribution in [0, 0.1) is 11.3 Å². The monoisotopic (exact) mass is 204 g/mol. The van der Waals surface area contributed by atoms with E-state index in [-0.39, 0.29) is 4.87 Å². The molecule has 1 aliphatic rings. The minimum absolute atomic E-state index is 0.0717. The Bertz CT molecular complexity index is 159. The van der Waals surface area contributed by atoms with Gasteiger partial charge in [-0.3, -0.25) is 0 Å². The lowest BCUT2D eigenvalue weighted by Gasteiger charge is -2.47. The molecule has 0 aromatic carbocycles. The van der Waals surface area contributed by atoms with Gasteiger partial charge in [0, 0.05) is 17.9 Å². The summed E-state index contributed by atoms with van der Waals surface area (Å²) in [6.07, 6.45) is 3.63. The number of methoxy groups -OCH3 is 1. The van der Waals surface area contributed by atoms with Crippen molar-refractivity contribution >= 4 is 11.6 Å². The Hall–Kier alpha value is 0.250. The summed E-state index contributed by atoms with van der Waals surface area (Å²) in [6.45, 7) is 7.54. The van der Waals surface area contributed by atoms with Crippen molar-refractivity contribution in [2.24, 2.45) is 11.3 Å². The fraction of sp³-hybridized carbons (Fsp3) is 1.00. The standard InChI is InChI=1S/C11H21ClO/c1-10(2)6-5-7-11(3,12)9(10)8-13-4/h9H,5-8H2,1-4H3. The van der Waals surface area contributed by atoms with E-state index in [0.717, 1.165) is 13.0 Å². The zero-order chi connectivity index (χ0) is 10.1. The molecule has 0 aromatic rings. The molecule has 1 rings (SSSR count). The first-order valence-corrected chi connectivity index (χ1v) is 5.46. The number of hydrogen-bond acceptors (Lipinski definition) is 1. The SMILES string of the molecule is COCC1C(C)(C)CCCC1(C)Cl. The summed E-state index contributed by atoms with van der Waals surface area (Å²) < 4.78 is 5.27. The second-order valence-corrected chi connectivity index (χ2v) is 5.99. The fourth-order valence-corrected chi connectivity index (χ4v) is 3.11. The number of alkyl halides is 1. The van der Waals surface area contributed by atoms with Crippen molar-refractivity contribution in [3.63, 3.8) is 0 Å². The molecule has 2 atom stereocenters. The maximum Gasteiger partial charge on any atom is 0.0512 e. The zero-order valence-electron chi connectivity index (χ0n) is 9.19. The molecule has 0 heterocycles. The number of ether oxygens (including phenoxy) is 1.